The van der Waals surface area contributed by atoms with Crippen LogP contribution in [0.1, 0.15) is 28.3 Å². The summed E-state index contributed by atoms with van der Waals surface area (Å²) in [6, 6.07) is 22.6. The Hall–Kier alpha value is -3.11. The molecule has 4 heteroatoms. The van der Waals surface area contributed by atoms with Crippen molar-refractivity contribution < 1.29 is 4.79 Å². The molecule has 4 nitrogen and oxygen atoms in total. The van der Waals surface area contributed by atoms with E-state index in [2.05, 4.69) is 13.8 Å². The van der Waals surface area contributed by atoms with E-state index in [1.54, 1.807) is 4.90 Å². The predicted octanol–water partition coefficient (Wildman–Crippen LogP) is 4.16. The Kier molecular flexibility index (Phi) is 6.12. The van der Waals surface area contributed by atoms with E-state index in [9.17, 15) is 4.79 Å². The maximum atomic E-state index is 13.3. The van der Waals surface area contributed by atoms with Gasteiger partial charge in [-0.1, -0.05) is 48.5 Å². The average molecular weight is 374 g/mol. The van der Waals surface area contributed by atoms with Crippen LogP contribution < -0.4 is 16.4 Å². The van der Waals surface area contributed by atoms with E-state index < -0.39 is 6.04 Å². The van der Waals surface area contributed by atoms with Gasteiger partial charge >= 0.3 is 0 Å². The second-order valence-corrected chi connectivity index (χ2v) is 7.14. The van der Waals surface area contributed by atoms with Crippen LogP contribution in [0.3, 0.4) is 0 Å². The summed E-state index contributed by atoms with van der Waals surface area (Å²) in [5.74, 6) is -0.107. The molecule has 0 heterocycles. The third-order valence-corrected chi connectivity index (χ3v) is 5.10. The molecule has 0 saturated heterocycles. The largest absolute Gasteiger partial charge is 0.399 e. The number of benzene rings is 3. The summed E-state index contributed by atoms with van der Waals surface area (Å²) >= 11 is 0. The second-order valence-electron chi connectivity index (χ2n) is 7.14. The Balaban J connectivity index is 1.87. The minimum Gasteiger partial charge on any atom is -0.399 e. The normalized spacial score (nSPS) is 11.8. The monoisotopic (exact) mass is 373 g/mol. The van der Waals surface area contributed by atoms with Crippen molar-refractivity contribution in [1.82, 2.24) is 0 Å². The highest BCUT2D eigenvalue weighted by Crippen LogP contribution is 2.23. The fourth-order valence-electron chi connectivity index (χ4n) is 3.16. The molecule has 3 aromatic carbocycles. The number of carbonyl (C=O) groups excluding carboxylic acids is 1. The highest BCUT2D eigenvalue weighted by Gasteiger charge is 2.24. The zero-order valence-electron chi connectivity index (χ0n) is 16.4. The standard InChI is InChI=1S/C24H27N3O/c1-17-8-13-22(16-18(17)2)27(15-14-19-9-11-21(25)12-10-19)24(28)23(26)20-6-4-3-5-7-20/h3-13,16,23H,14-15,25-26H2,1-2H3/t23-/m0/s1. The van der Waals surface area contributed by atoms with Crippen molar-refractivity contribution in [2.75, 3.05) is 17.2 Å². The van der Waals surface area contributed by atoms with Crippen molar-refractivity contribution in [1.29, 1.82) is 0 Å². The second kappa shape index (κ2) is 8.72. The molecule has 1 atom stereocenters. The number of hydrogen-bond acceptors (Lipinski definition) is 3. The molecule has 1 amide bonds. The van der Waals surface area contributed by atoms with Gasteiger partial charge in [-0.2, -0.15) is 0 Å². The van der Waals surface area contributed by atoms with Gasteiger partial charge in [-0.3, -0.25) is 4.79 Å². The number of nitrogen functional groups attached to an aromatic ring is 1. The SMILES string of the molecule is Cc1ccc(N(CCc2ccc(N)cc2)C(=O)[C@@H](N)c2ccccc2)cc1C. The van der Waals surface area contributed by atoms with E-state index in [4.69, 9.17) is 11.5 Å². The van der Waals surface area contributed by atoms with Gasteiger partial charge in [0.1, 0.15) is 6.04 Å². The molecule has 0 aliphatic heterocycles. The van der Waals surface area contributed by atoms with Gasteiger partial charge in [-0.25, -0.2) is 0 Å². The number of carbonyl (C=O) groups is 1. The maximum Gasteiger partial charge on any atom is 0.248 e. The molecule has 28 heavy (non-hydrogen) atoms. The van der Waals surface area contributed by atoms with Crippen LogP contribution >= 0.6 is 0 Å². The van der Waals surface area contributed by atoms with Crippen LogP contribution in [0.15, 0.2) is 72.8 Å². The summed E-state index contributed by atoms with van der Waals surface area (Å²) in [5.41, 5.74) is 18.0. The van der Waals surface area contributed by atoms with Gasteiger partial charge in [0.15, 0.2) is 0 Å². The Morgan fingerprint density at radius 3 is 2.25 bits per heavy atom. The van der Waals surface area contributed by atoms with Gasteiger partial charge in [0.05, 0.1) is 0 Å². The lowest BCUT2D eigenvalue weighted by molar-refractivity contribution is -0.120. The van der Waals surface area contributed by atoms with E-state index in [0.29, 0.717) is 6.54 Å². The van der Waals surface area contributed by atoms with E-state index in [1.165, 1.54) is 5.56 Å². The first-order valence-electron chi connectivity index (χ1n) is 9.49. The van der Waals surface area contributed by atoms with Gasteiger partial charge in [0.25, 0.3) is 0 Å². The first-order chi connectivity index (χ1) is 13.5. The van der Waals surface area contributed by atoms with E-state index in [-0.39, 0.29) is 5.91 Å². The summed E-state index contributed by atoms with van der Waals surface area (Å²) < 4.78 is 0. The van der Waals surface area contributed by atoms with Crippen LogP contribution in [0.2, 0.25) is 0 Å². The zero-order chi connectivity index (χ0) is 20.1. The third kappa shape index (κ3) is 4.59. The molecule has 0 saturated carbocycles. The minimum absolute atomic E-state index is 0.107. The Labute approximate surface area is 166 Å². The van der Waals surface area contributed by atoms with Crippen molar-refractivity contribution in [3.8, 4) is 0 Å². The summed E-state index contributed by atoms with van der Waals surface area (Å²) in [6.45, 7) is 4.67. The lowest BCUT2D eigenvalue weighted by Gasteiger charge is -2.27. The van der Waals surface area contributed by atoms with Gasteiger partial charge in [-0.15, -0.1) is 0 Å². The molecular formula is C24H27N3O. The zero-order valence-corrected chi connectivity index (χ0v) is 16.4. The van der Waals surface area contributed by atoms with Crippen LogP contribution in [0.4, 0.5) is 11.4 Å². The molecule has 0 radical (unpaired) electrons. The first kappa shape index (κ1) is 19.6. The number of nitrogens with zero attached hydrogens (tertiary/aromatic N) is 1. The van der Waals surface area contributed by atoms with Crippen LogP contribution in [0.5, 0.6) is 0 Å². The average Bonchev–Trinajstić information content (AvgIpc) is 2.72. The van der Waals surface area contributed by atoms with Gasteiger partial charge < -0.3 is 16.4 Å². The molecule has 3 aromatic rings. The highest BCUT2D eigenvalue weighted by molar-refractivity contribution is 5.97. The number of anilines is 2. The molecule has 0 unspecified atom stereocenters. The van der Waals surface area contributed by atoms with Gasteiger partial charge in [0.2, 0.25) is 5.91 Å². The lowest BCUT2D eigenvalue weighted by atomic mass is 10.0. The summed E-state index contributed by atoms with van der Waals surface area (Å²) in [4.78, 5) is 15.1. The van der Waals surface area contributed by atoms with Crippen LogP contribution in [0.25, 0.3) is 0 Å². The molecule has 0 bridgehead atoms. The minimum atomic E-state index is -0.700. The van der Waals surface area contributed by atoms with Crippen LogP contribution in [-0.2, 0) is 11.2 Å². The fourth-order valence-corrected chi connectivity index (χ4v) is 3.16. The molecule has 0 aliphatic rings. The summed E-state index contributed by atoms with van der Waals surface area (Å²) in [7, 11) is 0. The van der Waals surface area contributed by atoms with Crippen LogP contribution in [0, 0.1) is 13.8 Å². The summed E-state index contributed by atoms with van der Waals surface area (Å²) in [6.07, 6.45) is 0.723. The number of hydrogen-bond donors (Lipinski definition) is 2. The molecule has 144 valence electrons. The Bertz CT molecular complexity index is 936. The molecule has 3 rings (SSSR count). The quantitative estimate of drug-likeness (QED) is 0.637. The lowest BCUT2D eigenvalue weighted by Crippen LogP contribution is -2.40. The third-order valence-electron chi connectivity index (χ3n) is 5.10. The fraction of sp³-hybridized carbons (Fsp3) is 0.208. The smallest absolute Gasteiger partial charge is 0.248 e. The van der Waals surface area contributed by atoms with Gasteiger partial charge in [-0.05, 0) is 66.8 Å². The maximum absolute atomic E-state index is 13.3. The number of nitrogens with two attached hydrogens (primary N) is 2. The molecule has 0 fully saturated rings. The van der Waals surface area contributed by atoms with Crippen LogP contribution in [-0.4, -0.2) is 12.5 Å². The van der Waals surface area contributed by atoms with Gasteiger partial charge in [0, 0.05) is 17.9 Å². The van der Waals surface area contributed by atoms with E-state index in [1.807, 2.05) is 72.8 Å². The topological polar surface area (TPSA) is 72.3 Å². The van der Waals surface area contributed by atoms with Crippen molar-refractivity contribution in [3.05, 3.63) is 95.1 Å². The van der Waals surface area contributed by atoms with Crippen molar-refractivity contribution >= 4 is 17.3 Å². The number of aryl methyl sites for hydroxylation is 2. The predicted molar refractivity (Wildman–Crippen MR) is 116 cm³/mol. The molecular weight excluding hydrogens is 346 g/mol. The van der Waals surface area contributed by atoms with E-state index in [0.717, 1.165) is 34.5 Å². The Morgan fingerprint density at radius 1 is 0.929 bits per heavy atom. The van der Waals surface area contributed by atoms with Crippen molar-refractivity contribution in [2.45, 2.75) is 26.3 Å². The Morgan fingerprint density at radius 2 is 1.61 bits per heavy atom. The number of rotatable bonds is 6. The highest BCUT2D eigenvalue weighted by atomic mass is 16.2. The molecule has 0 spiro atoms. The van der Waals surface area contributed by atoms with Crippen molar-refractivity contribution in [2.24, 2.45) is 5.73 Å². The first-order valence-corrected chi connectivity index (χ1v) is 9.49. The number of amides is 1. The molecule has 0 aliphatic carbocycles. The van der Waals surface area contributed by atoms with Crippen molar-refractivity contribution in [3.63, 3.8) is 0 Å². The summed E-state index contributed by atoms with van der Waals surface area (Å²) in [5, 5.41) is 0. The molecule has 4 N–H and O–H groups in total. The molecule has 0 aromatic heterocycles. The van der Waals surface area contributed by atoms with E-state index >= 15 is 0 Å².